The second kappa shape index (κ2) is 7.46. The van der Waals surface area contributed by atoms with E-state index in [1.165, 1.54) is 16.2 Å². The van der Waals surface area contributed by atoms with Gasteiger partial charge in [-0.2, -0.15) is 0 Å². The van der Waals surface area contributed by atoms with Crippen molar-refractivity contribution in [3.63, 3.8) is 0 Å². The Morgan fingerprint density at radius 3 is 2.96 bits per heavy atom. The molecule has 1 amide bonds. The minimum atomic E-state index is -3.58. The van der Waals surface area contributed by atoms with E-state index in [4.69, 9.17) is 4.74 Å². The van der Waals surface area contributed by atoms with Gasteiger partial charge in [0.05, 0.1) is 34.7 Å². The first kappa shape index (κ1) is 18.8. The van der Waals surface area contributed by atoms with E-state index in [-0.39, 0.29) is 36.2 Å². The van der Waals surface area contributed by atoms with Crippen molar-refractivity contribution in [1.29, 1.82) is 0 Å². The summed E-state index contributed by atoms with van der Waals surface area (Å²) in [5.41, 5.74) is 1.02. The number of nitrogens with zero attached hydrogens (tertiary/aromatic N) is 4. The van der Waals surface area contributed by atoms with Gasteiger partial charge in [-0.05, 0) is 24.3 Å². The quantitative estimate of drug-likeness (QED) is 0.735. The van der Waals surface area contributed by atoms with Crippen molar-refractivity contribution in [2.75, 3.05) is 37.5 Å². The van der Waals surface area contributed by atoms with Crippen LogP contribution in [-0.4, -0.2) is 62.6 Å². The lowest BCUT2D eigenvalue weighted by molar-refractivity contribution is -0.114. The first-order valence-electron chi connectivity index (χ1n) is 8.63. The molecular weight excluding hydrogens is 400 g/mol. The third-order valence-electron chi connectivity index (χ3n) is 4.37. The highest BCUT2D eigenvalue weighted by Crippen LogP contribution is 2.30. The summed E-state index contributed by atoms with van der Waals surface area (Å²) in [6, 6.07) is 7.63. The van der Waals surface area contributed by atoms with E-state index in [0.29, 0.717) is 11.7 Å². The Morgan fingerprint density at radius 2 is 2.18 bits per heavy atom. The highest BCUT2D eigenvalue weighted by molar-refractivity contribution is 7.90. The predicted molar refractivity (Wildman–Crippen MR) is 109 cm³/mol. The highest BCUT2D eigenvalue weighted by Gasteiger charge is 2.33. The van der Waals surface area contributed by atoms with Crippen LogP contribution in [0.4, 0.5) is 5.13 Å². The maximum atomic E-state index is 13.4. The molecule has 2 aliphatic rings. The average molecular weight is 419 g/mol. The molecule has 1 aromatic heterocycles. The Morgan fingerprint density at radius 1 is 1.36 bits per heavy atom. The molecular formula is C18H18N4O4S2. The van der Waals surface area contributed by atoms with Gasteiger partial charge in [0.15, 0.2) is 11.0 Å². The highest BCUT2D eigenvalue weighted by atomic mass is 32.2. The minimum Gasteiger partial charge on any atom is -0.383 e. The van der Waals surface area contributed by atoms with Crippen molar-refractivity contribution in [2.45, 2.75) is 0 Å². The molecule has 0 atom stereocenters. The van der Waals surface area contributed by atoms with Gasteiger partial charge in [-0.3, -0.25) is 9.69 Å². The smallest absolute Gasteiger partial charge is 0.263 e. The molecule has 4 rings (SSSR count). The molecule has 0 aliphatic carbocycles. The number of allylic oxidation sites excluding steroid dienone is 2. The summed E-state index contributed by atoms with van der Waals surface area (Å²) in [5.74, 6) is -0.281. The maximum absolute atomic E-state index is 13.4. The number of sulfonamides is 1. The molecule has 0 fully saturated rings. The lowest BCUT2D eigenvalue weighted by atomic mass is 10.1. The number of anilines is 1. The van der Waals surface area contributed by atoms with E-state index >= 15 is 0 Å². The van der Waals surface area contributed by atoms with Gasteiger partial charge in [0.25, 0.3) is 15.9 Å². The van der Waals surface area contributed by atoms with Crippen LogP contribution in [-0.2, 0) is 19.6 Å². The number of fused-ring (bicyclic) bond motifs is 2. The van der Waals surface area contributed by atoms with Gasteiger partial charge in [0, 0.05) is 19.9 Å². The zero-order valence-electron chi connectivity index (χ0n) is 15.1. The van der Waals surface area contributed by atoms with Gasteiger partial charge in [-0.25, -0.2) is 13.4 Å². The maximum Gasteiger partial charge on any atom is 0.263 e. The Labute approximate surface area is 166 Å². The van der Waals surface area contributed by atoms with Crippen LogP contribution in [0.15, 0.2) is 52.6 Å². The molecule has 3 heterocycles. The van der Waals surface area contributed by atoms with E-state index in [1.807, 2.05) is 24.3 Å². The topological polar surface area (TPSA) is 92.2 Å². The summed E-state index contributed by atoms with van der Waals surface area (Å²) in [5, 5.41) is 0.532. The van der Waals surface area contributed by atoms with Gasteiger partial charge >= 0.3 is 0 Å². The number of carbonyl (C=O) groups excluding carboxylic acids is 1. The Balaban J connectivity index is 1.74. The molecule has 1 aromatic carbocycles. The zero-order chi connectivity index (χ0) is 19.7. The number of aromatic nitrogens is 1. The average Bonchev–Trinajstić information content (AvgIpc) is 3.10. The van der Waals surface area contributed by atoms with E-state index in [1.54, 1.807) is 30.4 Å². The van der Waals surface area contributed by atoms with E-state index in [0.717, 1.165) is 10.2 Å². The van der Waals surface area contributed by atoms with E-state index in [2.05, 4.69) is 9.38 Å². The number of carbonyl (C=O) groups is 1. The fourth-order valence-electron chi connectivity index (χ4n) is 2.97. The van der Waals surface area contributed by atoms with E-state index in [9.17, 15) is 13.2 Å². The molecule has 2 aromatic rings. The second-order valence-electron chi connectivity index (χ2n) is 6.23. The van der Waals surface area contributed by atoms with Crippen molar-refractivity contribution in [1.82, 2.24) is 9.88 Å². The normalized spacial score (nSPS) is 17.8. The van der Waals surface area contributed by atoms with Crippen LogP contribution in [0.3, 0.4) is 0 Å². The van der Waals surface area contributed by atoms with E-state index < -0.39 is 10.0 Å². The predicted octanol–water partition coefficient (Wildman–Crippen LogP) is 1.77. The number of ether oxygens (including phenoxy) is 1. The molecule has 0 saturated carbocycles. The first-order chi connectivity index (χ1) is 13.5. The number of benzene rings is 1. The summed E-state index contributed by atoms with van der Waals surface area (Å²) < 4.78 is 33.9. The number of amidine groups is 1. The lowest BCUT2D eigenvalue weighted by Gasteiger charge is -2.30. The summed E-state index contributed by atoms with van der Waals surface area (Å²) in [6.07, 6.45) is 5.03. The molecule has 0 unspecified atom stereocenters. The van der Waals surface area contributed by atoms with Crippen molar-refractivity contribution in [3.8, 4) is 0 Å². The molecule has 146 valence electrons. The monoisotopic (exact) mass is 418 g/mol. The second-order valence-corrected chi connectivity index (χ2v) is 8.99. The Bertz CT molecular complexity index is 1080. The fraction of sp³-hybridized carbons (Fsp3) is 0.278. The molecule has 10 heteroatoms. The molecule has 2 aliphatic heterocycles. The van der Waals surface area contributed by atoms with Gasteiger partial charge in [-0.1, -0.05) is 23.5 Å². The molecule has 0 saturated heterocycles. The van der Waals surface area contributed by atoms with Crippen molar-refractivity contribution >= 4 is 48.5 Å². The number of hydrogen-bond donors (Lipinski definition) is 0. The minimum absolute atomic E-state index is 0.0758. The summed E-state index contributed by atoms with van der Waals surface area (Å²) >= 11 is 1.40. The van der Waals surface area contributed by atoms with Gasteiger partial charge in [0.1, 0.15) is 0 Å². The fourth-order valence-corrected chi connectivity index (χ4v) is 4.95. The lowest BCUT2D eigenvalue weighted by Crippen LogP contribution is -2.44. The largest absolute Gasteiger partial charge is 0.383 e. The number of thiazole rings is 1. The molecule has 0 N–H and O–H groups in total. The number of methoxy groups -OCH3 is 1. The van der Waals surface area contributed by atoms with Crippen molar-refractivity contribution < 1.29 is 17.9 Å². The van der Waals surface area contributed by atoms with Crippen LogP contribution < -0.4 is 4.90 Å². The van der Waals surface area contributed by atoms with Crippen LogP contribution >= 0.6 is 11.3 Å². The zero-order valence-corrected chi connectivity index (χ0v) is 16.7. The summed E-state index contributed by atoms with van der Waals surface area (Å²) in [6.45, 7) is 0.872. The third-order valence-corrected chi connectivity index (χ3v) is 6.57. The standard InChI is InChI=1S/C18H18N4O4S2/c1-26-11-9-22(18-19-14-6-2-3-7-15(14)27-18)17(23)13-5-4-8-21-10-12-28(24,25)20-16(13)21/h2-8H,9-12H2,1H3. The number of para-hydroxylation sites is 1. The van der Waals surface area contributed by atoms with Crippen LogP contribution in [0.1, 0.15) is 0 Å². The third kappa shape index (κ3) is 3.58. The molecule has 28 heavy (non-hydrogen) atoms. The number of hydrogen-bond acceptors (Lipinski definition) is 7. The van der Waals surface area contributed by atoms with Crippen LogP contribution in [0, 0.1) is 0 Å². The van der Waals surface area contributed by atoms with Crippen LogP contribution in [0.25, 0.3) is 10.2 Å². The van der Waals surface area contributed by atoms with Gasteiger partial charge in [0.2, 0.25) is 0 Å². The van der Waals surface area contributed by atoms with Gasteiger partial charge in [-0.15, -0.1) is 4.40 Å². The van der Waals surface area contributed by atoms with Crippen molar-refractivity contribution in [2.24, 2.45) is 4.40 Å². The van der Waals surface area contributed by atoms with Gasteiger partial charge < -0.3 is 9.64 Å². The molecule has 8 nitrogen and oxygen atoms in total. The van der Waals surface area contributed by atoms with Crippen LogP contribution in [0.2, 0.25) is 0 Å². The summed E-state index contributed by atoms with van der Waals surface area (Å²) in [7, 11) is -2.03. The number of rotatable bonds is 5. The molecule has 0 bridgehead atoms. The SMILES string of the molecule is COCCN(C(=O)C1=CC=CN2CCS(=O)(=O)N=C12)c1nc2ccccc2s1. The molecule has 0 radical (unpaired) electrons. The first-order valence-corrected chi connectivity index (χ1v) is 11.1. The Hall–Kier alpha value is -2.56. The summed E-state index contributed by atoms with van der Waals surface area (Å²) in [4.78, 5) is 21.1. The number of amides is 1. The van der Waals surface area contributed by atoms with Crippen LogP contribution in [0.5, 0.6) is 0 Å². The molecule has 0 spiro atoms. The Kier molecular flexibility index (Phi) is 5.00. The van der Waals surface area contributed by atoms with Crippen molar-refractivity contribution in [3.05, 3.63) is 48.2 Å².